The average molecular weight is 136 g/mol. The molecule has 2 rings (SSSR count). The van der Waals surface area contributed by atoms with E-state index < -0.39 is 0 Å². The number of hydrogen-bond acceptors (Lipinski definition) is 2. The second kappa shape index (κ2) is 4.49. The van der Waals surface area contributed by atoms with Gasteiger partial charge in [-0.15, -0.1) is 0 Å². The Hall–Kier alpha value is -1.38. The van der Waals surface area contributed by atoms with Crippen LogP contribution in [0.2, 0.25) is 0 Å². The first-order chi connectivity index (χ1) is 5.00. The summed E-state index contributed by atoms with van der Waals surface area (Å²) in [4.78, 5) is 10.2. The van der Waals surface area contributed by atoms with Gasteiger partial charge < -0.3 is 4.98 Å². The molecule has 0 bridgehead atoms. The van der Waals surface area contributed by atoms with Gasteiger partial charge in [-0.3, -0.25) is 4.99 Å². The molecule has 1 aliphatic rings. The van der Waals surface area contributed by atoms with Gasteiger partial charge in [0.25, 0.3) is 0 Å². The van der Waals surface area contributed by atoms with Crippen LogP contribution in [0.3, 0.4) is 0 Å². The minimum Gasteiger partial charge on any atom is -0.351 e. The highest BCUT2D eigenvalue weighted by molar-refractivity contribution is 5.62. The van der Waals surface area contributed by atoms with Crippen LogP contribution in [0.15, 0.2) is 36.0 Å². The standard InChI is InChI=1S/C4H5N.C3H4N2/c1-2-4-5-3-1;1-2-5-3-4-1/h1,3-4H,2H2;1-3H,(H,4,5)/p+1. The molecule has 0 fully saturated rings. The van der Waals surface area contributed by atoms with E-state index in [1.165, 1.54) is 0 Å². The summed E-state index contributed by atoms with van der Waals surface area (Å²) in [5.74, 6) is 0. The number of nitrogens with zero attached hydrogens (tertiary/aromatic N) is 2. The van der Waals surface area contributed by atoms with Gasteiger partial charge in [0.2, 0.25) is 0 Å². The number of H-pyrrole nitrogens is 1. The van der Waals surface area contributed by atoms with Crippen molar-refractivity contribution in [3.63, 3.8) is 0 Å². The second-order valence-electron chi connectivity index (χ2n) is 1.71. The van der Waals surface area contributed by atoms with E-state index in [1.807, 2.05) is 12.3 Å². The molecule has 0 unspecified atom stereocenters. The van der Waals surface area contributed by atoms with Crippen LogP contribution >= 0.6 is 0 Å². The molecule has 10 heavy (non-hydrogen) atoms. The average Bonchev–Trinajstić information content (AvgIpc) is 2.67. The van der Waals surface area contributed by atoms with Crippen LogP contribution in [0, 0.1) is 0 Å². The molecule has 0 spiro atoms. The van der Waals surface area contributed by atoms with Gasteiger partial charge in [0, 0.05) is 31.2 Å². The van der Waals surface area contributed by atoms with E-state index in [2.05, 4.69) is 15.0 Å². The van der Waals surface area contributed by atoms with Crippen LogP contribution in [0.25, 0.3) is 0 Å². The number of aromatic nitrogens is 2. The Morgan fingerprint density at radius 3 is 2.70 bits per heavy atom. The van der Waals surface area contributed by atoms with E-state index in [4.69, 9.17) is 0 Å². The first kappa shape index (κ1) is 6.74. The molecule has 0 saturated heterocycles. The second-order valence-corrected chi connectivity index (χ2v) is 1.71. The summed E-state index contributed by atoms with van der Waals surface area (Å²) in [6.45, 7) is 0. The van der Waals surface area contributed by atoms with E-state index in [-0.39, 0.29) is 1.43 Å². The zero-order valence-corrected chi connectivity index (χ0v) is 5.57. The molecule has 3 nitrogen and oxygen atoms in total. The van der Waals surface area contributed by atoms with Crippen molar-refractivity contribution in [2.24, 2.45) is 4.99 Å². The highest BCUT2D eigenvalue weighted by atomic mass is 14.8. The Balaban J connectivity index is 0.000000167. The molecule has 1 aromatic rings. The van der Waals surface area contributed by atoms with Crippen LogP contribution in [-0.2, 0) is 0 Å². The fraction of sp³-hybridized carbons (Fsp3) is 0.143. The highest BCUT2D eigenvalue weighted by Gasteiger charge is 1.73. The zero-order chi connectivity index (χ0) is 7.07. The van der Waals surface area contributed by atoms with Gasteiger partial charge >= 0.3 is 1.43 Å². The Labute approximate surface area is 61.0 Å². The first-order valence-electron chi connectivity index (χ1n) is 3.09. The molecule has 0 atom stereocenters. The minimum atomic E-state index is 0. The third kappa shape index (κ3) is 2.81. The fourth-order valence-corrected chi connectivity index (χ4v) is 0.519. The maximum Gasteiger partial charge on any atom is 1.00 e. The largest absolute Gasteiger partial charge is 1.00 e. The summed E-state index contributed by atoms with van der Waals surface area (Å²) in [7, 11) is 0. The van der Waals surface area contributed by atoms with Crippen molar-refractivity contribution in [1.82, 2.24) is 9.97 Å². The monoisotopic (exact) mass is 136 g/mol. The lowest BCUT2D eigenvalue weighted by atomic mass is 10.5. The van der Waals surface area contributed by atoms with E-state index in [0.717, 1.165) is 6.42 Å². The van der Waals surface area contributed by atoms with Crippen LogP contribution in [0.5, 0.6) is 0 Å². The molecule has 0 amide bonds. The van der Waals surface area contributed by atoms with Crippen molar-refractivity contribution in [1.29, 1.82) is 0 Å². The van der Waals surface area contributed by atoms with Gasteiger partial charge in [-0.1, -0.05) is 6.08 Å². The minimum absolute atomic E-state index is 0. The molecular weight excluding hydrogens is 126 g/mol. The number of aliphatic imine (C=N–C) groups is 1. The maximum atomic E-state index is 3.78. The molecule has 1 aromatic heterocycles. The number of nitrogens with one attached hydrogen (secondary N) is 1. The molecule has 1 aliphatic heterocycles. The van der Waals surface area contributed by atoms with Gasteiger partial charge in [-0.2, -0.15) is 0 Å². The molecule has 2 heterocycles. The Morgan fingerprint density at radius 1 is 1.50 bits per heavy atom. The summed E-state index contributed by atoms with van der Waals surface area (Å²) in [5.41, 5.74) is 0. The lowest BCUT2D eigenvalue weighted by Gasteiger charge is -1.54. The Bertz CT molecular complexity index is 176. The fourth-order valence-electron chi connectivity index (χ4n) is 0.519. The van der Waals surface area contributed by atoms with Crippen molar-refractivity contribution >= 4 is 6.21 Å². The number of aromatic amines is 1. The highest BCUT2D eigenvalue weighted by Crippen LogP contribution is 1.86. The third-order valence-electron chi connectivity index (χ3n) is 0.944. The van der Waals surface area contributed by atoms with Crippen LogP contribution in [0.1, 0.15) is 7.85 Å². The molecule has 0 radical (unpaired) electrons. The smallest absolute Gasteiger partial charge is 0.351 e. The van der Waals surface area contributed by atoms with Gasteiger partial charge in [0.05, 0.1) is 6.33 Å². The van der Waals surface area contributed by atoms with Crippen molar-refractivity contribution in [3.8, 4) is 0 Å². The van der Waals surface area contributed by atoms with Gasteiger partial charge in [0.1, 0.15) is 0 Å². The molecule has 3 heteroatoms. The summed E-state index contributed by atoms with van der Waals surface area (Å²) < 4.78 is 0. The number of imidazole rings is 1. The van der Waals surface area contributed by atoms with Crippen molar-refractivity contribution < 1.29 is 1.43 Å². The van der Waals surface area contributed by atoms with E-state index in [0.29, 0.717) is 0 Å². The summed E-state index contributed by atoms with van der Waals surface area (Å²) in [5, 5.41) is 0. The zero-order valence-electron chi connectivity index (χ0n) is 6.57. The van der Waals surface area contributed by atoms with Crippen LogP contribution in [-0.4, -0.2) is 16.2 Å². The van der Waals surface area contributed by atoms with Crippen molar-refractivity contribution in [2.45, 2.75) is 6.42 Å². The van der Waals surface area contributed by atoms with Crippen LogP contribution < -0.4 is 0 Å². The van der Waals surface area contributed by atoms with Crippen molar-refractivity contribution in [2.75, 3.05) is 0 Å². The van der Waals surface area contributed by atoms with Crippen LogP contribution in [0.4, 0.5) is 0 Å². The van der Waals surface area contributed by atoms with E-state index >= 15 is 0 Å². The quantitative estimate of drug-likeness (QED) is 0.576. The van der Waals surface area contributed by atoms with Gasteiger partial charge in [0.15, 0.2) is 0 Å². The lowest BCUT2D eigenvalue weighted by molar-refractivity contribution is 1.31. The molecule has 0 saturated carbocycles. The predicted octanol–water partition coefficient (Wildman–Crippen LogP) is 1.50. The molecular formula is C7H10N3+. The first-order valence-corrected chi connectivity index (χ1v) is 3.09. The normalized spacial score (nSPS) is 12.8. The van der Waals surface area contributed by atoms with Crippen molar-refractivity contribution in [3.05, 3.63) is 31.0 Å². The topological polar surface area (TPSA) is 41.0 Å². The predicted molar refractivity (Wildman–Crippen MR) is 41.9 cm³/mol. The van der Waals surface area contributed by atoms with Gasteiger partial charge in [-0.25, -0.2) is 4.98 Å². The number of hydrogen-bond donors (Lipinski definition) is 1. The number of allylic oxidation sites excluding steroid dienone is 1. The van der Waals surface area contributed by atoms with E-state index in [1.54, 1.807) is 24.9 Å². The number of rotatable bonds is 0. The lowest BCUT2D eigenvalue weighted by Crippen LogP contribution is -1.51. The van der Waals surface area contributed by atoms with Gasteiger partial charge in [-0.05, 0) is 0 Å². The maximum absolute atomic E-state index is 3.78. The molecule has 1 N–H and O–H groups in total. The Kier molecular flexibility index (Phi) is 3.03. The summed E-state index contributed by atoms with van der Waals surface area (Å²) >= 11 is 0. The molecule has 0 aliphatic carbocycles. The SMILES string of the molecule is C1=CN=CC1.[H+].c1c[nH]cn1. The Morgan fingerprint density at radius 2 is 2.50 bits per heavy atom. The summed E-state index contributed by atoms with van der Waals surface area (Å²) in [6.07, 6.45) is 11.8. The summed E-state index contributed by atoms with van der Waals surface area (Å²) in [6, 6.07) is 0. The van der Waals surface area contributed by atoms with E-state index in [9.17, 15) is 0 Å². The third-order valence-corrected chi connectivity index (χ3v) is 0.944. The molecule has 0 aromatic carbocycles. The molecule has 52 valence electrons.